The van der Waals surface area contributed by atoms with E-state index < -0.39 is 0 Å². The van der Waals surface area contributed by atoms with E-state index in [2.05, 4.69) is 27.7 Å². The highest BCUT2D eigenvalue weighted by Crippen LogP contribution is 2.63. The molecule has 0 aromatic rings. The maximum atomic E-state index is 5.86. The van der Waals surface area contributed by atoms with Gasteiger partial charge in [0.05, 0.1) is 11.7 Å². The Kier molecular flexibility index (Phi) is 1.26. The fraction of sp³-hybridized carbons (Fsp3) is 1.00. The smallest absolute Gasteiger partial charge is 0.0762 e. The summed E-state index contributed by atoms with van der Waals surface area (Å²) in [7, 11) is 0. The summed E-state index contributed by atoms with van der Waals surface area (Å²) in [4.78, 5) is 0. The van der Waals surface area contributed by atoms with Gasteiger partial charge in [0.15, 0.2) is 0 Å². The zero-order valence-corrected chi connectivity index (χ0v) is 7.98. The van der Waals surface area contributed by atoms with Gasteiger partial charge in [-0.15, -0.1) is 0 Å². The van der Waals surface area contributed by atoms with Crippen LogP contribution in [-0.2, 0) is 4.74 Å². The van der Waals surface area contributed by atoms with Crippen LogP contribution in [0.1, 0.15) is 40.5 Å². The first-order valence-electron chi connectivity index (χ1n) is 4.70. The van der Waals surface area contributed by atoms with E-state index in [0.717, 1.165) is 5.92 Å². The van der Waals surface area contributed by atoms with Gasteiger partial charge in [0.25, 0.3) is 0 Å². The molecule has 1 nitrogen and oxygen atoms in total. The van der Waals surface area contributed by atoms with Crippen molar-refractivity contribution < 1.29 is 4.74 Å². The molecule has 0 amide bonds. The van der Waals surface area contributed by atoms with Gasteiger partial charge >= 0.3 is 0 Å². The number of fused-ring (bicyclic) bond motifs is 1. The molecule has 3 atom stereocenters. The maximum Gasteiger partial charge on any atom is 0.0762 e. The number of hydrogen-bond acceptors (Lipinski definition) is 1. The molecule has 0 spiro atoms. The molecule has 0 N–H and O–H groups in total. The molecule has 2 heterocycles. The van der Waals surface area contributed by atoms with Crippen LogP contribution in [0, 0.1) is 11.3 Å². The molecule has 0 aromatic carbocycles. The Morgan fingerprint density at radius 3 is 2.18 bits per heavy atom. The highest BCUT2D eigenvalue weighted by Gasteiger charge is 2.67. The highest BCUT2D eigenvalue weighted by molar-refractivity contribution is 5.15. The van der Waals surface area contributed by atoms with Crippen LogP contribution in [0.5, 0.6) is 0 Å². The Morgan fingerprint density at radius 1 is 1.36 bits per heavy atom. The lowest BCUT2D eigenvalue weighted by molar-refractivity contribution is -0.260. The molecule has 2 bridgehead atoms. The van der Waals surface area contributed by atoms with Crippen molar-refractivity contribution in [3.63, 3.8) is 0 Å². The summed E-state index contributed by atoms with van der Waals surface area (Å²) in [5, 5.41) is 0. The van der Waals surface area contributed by atoms with Crippen LogP contribution in [0.25, 0.3) is 0 Å². The lowest BCUT2D eigenvalue weighted by atomic mass is 9.69. The molecule has 2 aliphatic heterocycles. The van der Waals surface area contributed by atoms with E-state index in [-0.39, 0.29) is 5.60 Å². The van der Waals surface area contributed by atoms with Gasteiger partial charge in [-0.3, -0.25) is 0 Å². The molecule has 64 valence electrons. The van der Waals surface area contributed by atoms with Crippen molar-refractivity contribution in [3.05, 3.63) is 0 Å². The third-order valence-corrected chi connectivity index (χ3v) is 4.24. The van der Waals surface area contributed by atoms with Gasteiger partial charge < -0.3 is 4.74 Å². The van der Waals surface area contributed by atoms with E-state index in [1.165, 1.54) is 12.8 Å². The van der Waals surface area contributed by atoms with Crippen molar-refractivity contribution in [2.45, 2.75) is 52.2 Å². The van der Waals surface area contributed by atoms with E-state index >= 15 is 0 Å². The number of hydrogen-bond donors (Lipinski definition) is 0. The summed E-state index contributed by atoms with van der Waals surface area (Å²) in [5.41, 5.74) is 0.639. The topological polar surface area (TPSA) is 9.23 Å². The second kappa shape index (κ2) is 1.82. The molecule has 11 heavy (non-hydrogen) atoms. The van der Waals surface area contributed by atoms with Gasteiger partial charge in [0.1, 0.15) is 0 Å². The maximum absolute atomic E-state index is 5.86. The van der Waals surface area contributed by atoms with Gasteiger partial charge in [0, 0.05) is 5.41 Å². The summed E-state index contributed by atoms with van der Waals surface area (Å²) in [6.07, 6.45) is 3.12. The molecule has 0 radical (unpaired) electrons. The molecular weight excluding hydrogens is 136 g/mol. The van der Waals surface area contributed by atoms with E-state index in [4.69, 9.17) is 4.74 Å². The van der Waals surface area contributed by atoms with Crippen molar-refractivity contribution in [2.75, 3.05) is 0 Å². The predicted octanol–water partition coefficient (Wildman–Crippen LogP) is 2.60. The quantitative estimate of drug-likeness (QED) is 0.564. The molecule has 3 unspecified atom stereocenters. The molecule has 1 aliphatic carbocycles. The SMILES string of the molecule is CCC1CC2OC1(C)C2(C)C. The van der Waals surface area contributed by atoms with Crippen LogP contribution in [-0.4, -0.2) is 11.7 Å². The molecule has 2 saturated heterocycles. The lowest BCUT2D eigenvalue weighted by Gasteiger charge is -2.54. The van der Waals surface area contributed by atoms with Crippen molar-refractivity contribution in [1.82, 2.24) is 0 Å². The number of rotatable bonds is 1. The van der Waals surface area contributed by atoms with E-state index in [1.54, 1.807) is 0 Å². The number of ether oxygens (including phenoxy) is 1. The van der Waals surface area contributed by atoms with Gasteiger partial charge in [-0.25, -0.2) is 0 Å². The minimum Gasteiger partial charge on any atom is -0.370 e. The summed E-state index contributed by atoms with van der Waals surface area (Å²) >= 11 is 0. The average molecular weight is 154 g/mol. The standard InChI is InChI=1S/C10H18O/c1-5-7-6-8-9(2,3)10(7,4)11-8/h7-8H,5-6H2,1-4H3. The fourth-order valence-corrected chi connectivity index (χ4v) is 2.86. The first kappa shape index (κ1) is 7.60. The van der Waals surface area contributed by atoms with Crippen molar-refractivity contribution in [3.8, 4) is 0 Å². The van der Waals surface area contributed by atoms with Crippen LogP contribution in [0.3, 0.4) is 0 Å². The zero-order valence-electron chi connectivity index (χ0n) is 7.98. The summed E-state index contributed by atoms with van der Waals surface area (Å²) < 4.78 is 5.86. The Hall–Kier alpha value is -0.0400. The Bertz CT molecular complexity index is 185. The minimum absolute atomic E-state index is 0.201. The van der Waals surface area contributed by atoms with Crippen molar-refractivity contribution in [1.29, 1.82) is 0 Å². The molecule has 1 saturated carbocycles. The zero-order chi connectivity index (χ0) is 8.28. The molecule has 3 rings (SSSR count). The summed E-state index contributed by atoms with van der Waals surface area (Å²) in [6.45, 7) is 9.24. The second-order valence-corrected chi connectivity index (χ2v) is 4.78. The Labute approximate surface area is 69.1 Å². The van der Waals surface area contributed by atoms with Crippen LogP contribution in [0.4, 0.5) is 0 Å². The summed E-state index contributed by atoms with van der Waals surface area (Å²) in [5.74, 6) is 0.808. The Balaban J connectivity index is 2.26. The highest BCUT2D eigenvalue weighted by atomic mass is 16.5. The van der Waals surface area contributed by atoms with Gasteiger partial charge in [-0.1, -0.05) is 27.2 Å². The van der Waals surface area contributed by atoms with Crippen LogP contribution >= 0.6 is 0 Å². The largest absolute Gasteiger partial charge is 0.370 e. The molecule has 3 aliphatic rings. The second-order valence-electron chi connectivity index (χ2n) is 4.78. The lowest BCUT2D eigenvalue weighted by Crippen LogP contribution is -2.59. The Morgan fingerprint density at radius 2 is 2.00 bits per heavy atom. The first-order valence-corrected chi connectivity index (χ1v) is 4.70. The van der Waals surface area contributed by atoms with E-state index in [1.807, 2.05) is 0 Å². The predicted molar refractivity (Wildman–Crippen MR) is 45.5 cm³/mol. The van der Waals surface area contributed by atoms with Crippen molar-refractivity contribution >= 4 is 0 Å². The molecule has 0 aromatic heterocycles. The van der Waals surface area contributed by atoms with Gasteiger partial charge in [-0.05, 0) is 19.3 Å². The third-order valence-electron chi connectivity index (χ3n) is 4.24. The minimum atomic E-state index is 0.201. The van der Waals surface area contributed by atoms with Crippen molar-refractivity contribution in [2.24, 2.45) is 11.3 Å². The van der Waals surface area contributed by atoms with Crippen LogP contribution < -0.4 is 0 Å². The van der Waals surface area contributed by atoms with E-state index in [0.29, 0.717) is 11.5 Å². The first-order chi connectivity index (χ1) is 5.02. The third kappa shape index (κ3) is 0.618. The molecule has 3 fully saturated rings. The van der Waals surface area contributed by atoms with Gasteiger partial charge in [0.2, 0.25) is 0 Å². The van der Waals surface area contributed by atoms with Crippen LogP contribution in [0.2, 0.25) is 0 Å². The normalized spacial score (nSPS) is 52.4. The average Bonchev–Trinajstić information content (AvgIpc) is 2.38. The molecular formula is C10H18O. The summed E-state index contributed by atoms with van der Waals surface area (Å²) in [6, 6.07) is 0. The van der Waals surface area contributed by atoms with Crippen LogP contribution in [0.15, 0.2) is 0 Å². The van der Waals surface area contributed by atoms with E-state index in [9.17, 15) is 0 Å². The fourth-order valence-electron chi connectivity index (χ4n) is 2.86. The van der Waals surface area contributed by atoms with Gasteiger partial charge in [-0.2, -0.15) is 0 Å². The monoisotopic (exact) mass is 154 g/mol. The molecule has 1 heteroatoms.